The van der Waals surface area contributed by atoms with E-state index in [-0.39, 0.29) is 0 Å². The molecule has 2 aliphatic heterocycles. The second kappa shape index (κ2) is 7.09. The number of piperidine rings is 1. The van der Waals surface area contributed by atoms with Gasteiger partial charge in [-0.1, -0.05) is 36.4 Å². The van der Waals surface area contributed by atoms with Crippen LogP contribution in [0.1, 0.15) is 12.8 Å². The van der Waals surface area contributed by atoms with E-state index in [1.807, 2.05) is 30.3 Å². The molecule has 0 unspecified atom stereocenters. The van der Waals surface area contributed by atoms with Gasteiger partial charge in [0.25, 0.3) is 0 Å². The van der Waals surface area contributed by atoms with E-state index in [4.69, 9.17) is 9.72 Å². The fraction of sp³-hybridized carbons (Fsp3) is 0.318. The van der Waals surface area contributed by atoms with Gasteiger partial charge in [0.1, 0.15) is 11.5 Å². The quantitative estimate of drug-likeness (QED) is 0.665. The minimum Gasteiger partial charge on any atom is -0.358 e. The van der Waals surface area contributed by atoms with Crippen molar-refractivity contribution in [1.29, 1.82) is 0 Å². The summed E-state index contributed by atoms with van der Waals surface area (Å²) in [5.41, 5.74) is 0.206. The highest BCUT2D eigenvalue weighted by Gasteiger charge is 2.50. The Bertz CT molecular complexity index is 1130. The zero-order valence-electron chi connectivity index (χ0n) is 16.1. The minimum absolute atomic E-state index is 0.323. The molecule has 5 rings (SSSR count). The molecule has 2 aliphatic rings. The third-order valence-electron chi connectivity index (χ3n) is 5.90. The van der Waals surface area contributed by atoms with E-state index >= 15 is 0 Å². The number of ether oxygens (including phenoxy) is 1. The molecule has 2 saturated heterocycles. The van der Waals surface area contributed by atoms with Gasteiger partial charge in [0.15, 0.2) is 0 Å². The second-order valence-electron chi connectivity index (χ2n) is 7.53. The van der Waals surface area contributed by atoms with Gasteiger partial charge in [-0.25, -0.2) is 13.4 Å². The van der Waals surface area contributed by atoms with Crippen molar-refractivity contribution >= 4 is 26.7 Å². The minimum atomic E-state index is -3.58. The predicted molar refractivity (Wildman–Crippen MR) is 112 cm³/mol. The van der Waals surface area contributed by atoms with Crippen molar-refractivity contribution in [3.63, 3.8) is 0 Å². The van der Waals surface area contributed by atoms with Gasteiger partial charge in [-0.05, 0) is 30.3 Å². The summed E-state index contributed by atoms with van der Waals surface area (Å²) < 4.78 is 34.1. The molecule has 3 aromatic rings. The highest BCUT2D eigenvalue weighted by atomic mass is 32.2. The van der Waals surface area contributed by atoms with Crippen LogP contribution in [0, 0.1) is 0 Å². The van der Waals surface area contributed by atoms with E-state index in [1.54, 1.807) is 28.6 Å². The first kappa shape index (κ1) is 18.5. The number of hydrogen-bond donors (Lipinski definition) is 0. The highest BCUT2D eigenvalue weighted by molar-refractivity contribution is 7.89. The molecule has 7 heteroatoms. The molecule has 150 valence electrons. The molecule has 1 aromatic heterocycles. The Morgan fingerprint density at radius 1 is 0.862 bits per heavy atom. The van der Waals surface area contributed by atoms with Gasteiger partial charge in [-0.3, -0.25) is 0 Å². The van der Waals surface area contributed by atoms with E-state index in [0.717, 1.165) is 16.7 Å². The topological polar surface area (TPSA) is 62.7 Å². The molecule has 2 aromatic carbocycles. The SMILES string of the molecule is O=S(=O)(c1ccccc1)N1CCOC12CCN(c1ccc3ccccc3n1)CC2. The zero-order chi connectivity index (χ0) is 19.9. The predicted octanol–water partition coefficient (Wildman–Crippen LogP) is 3.25. The van der Waals surface area contributed by atoms with Gasteiger partial charge in [0.2, 0.25) is 10.0 Å². The van der Waals surface area contributed by atoms with Crippen LogP contribution in [0.2, 0.25) is 0 Å². The van der Waals surface area contributed by atoms with Crippen LogP contribution < -0.4 is 4.90 Å². The van der Waals surface area contributed by atoms with Crippen LogP contribution in [0.5, 0.6) is 0 Å². The van der Waals surface area contributed by atoms with Crippen molar-refractivity contribution in [1.82, 2.24) is 9.29 Å². The number of para-hydroxylation sites is 1. The first-order chi connectivity index (χ1) is 14.1. The highest BCUT2D eigenvalue weighted by Crippen LogP contribution is 2.39. The molecule has 3 heterocycles. The molecule has 0 N–H and O–H groups in total. The van der Waals surface area contributed by atoms with E-state index in [9.17, 15) is 8.42 Å². The molecule has 0 atom stereocenters. The average Bonchev–Trinajstić information content (AvgIpc) is 3.18. The number of aromatic nitrogens is 1. The second-order valence-corrected chi connectivity index (χ2v) is 9.40. The number of benzene rings is 2. The molecule has 0 bridgehead atoms. The Morgan fingerprint density at radius 2 is 1.59 bits per heavy atom. The van der Waals surface area contributed by atoms with Crippen molar-refractivity contribution in [2.75, 3.05) is 31.1 Å². The largest absolute Gasteiger partial charge is 0.358 e. The summed E-state index contributed by atoms with van der Waals surface area (Å²) >= 11 is 0. The normalized spacial score (nSPS) is 19.8. The monoisotopic (exact) mass is 409 g/mol. The summed E-state index contributed by atoms with van der Waals surface area (Å²) in [5.74, 6) is 0.925. The molecule has 0 aliphatic carbocycles. The van der Waals surface area contributed by atoms with Crippen LogP contribution in [-0.4, -0.2) is 49.7 Å². The third kappa shape index (κ3) is 3.19. The van der Waals surface area contributed by atoms with Gasteiger partial charge >= 0.3 is 0 Å². The maximum Gasteiger partial charge on any atom is 0.245 e. The molecular weight excluding hydrogens is 386 g/mol. The lowest BCUT2D eigenvalue weighted by Crippen LogP contribution is -2.55. The lowest BCUT2D eigenvalue weighted by molar-refractivity contribution is -0.0665. The lowest BCUT2D eigenvalue weighted by Gasteiger charge is -2.43. The number of pyridine rings is 1. The average molecular weight is 410 g/mol. The third-order valence-corrected chi connectivity index (χ3v) is 7.87. The Hall–Kier alpha value is -2.48. The first-order valence-corrected chi connectivity index (χ1v) is 11.4. The van der Waals surface area contributed by atoms with Crippen molar-refractivity contribution in [3.05, 3.63) is 66.7 Å². The number of anilines is 1. The molecule has 1 spiro atoms. The van der Waals surface area contributed by atoms with Gasteiger partial charge < -0.3 is 9.64 Å². The summed E-state index contributed by atoms with van der Waals surface area (Å²) in [4.78, 5) is 7.32. The van der Waals surface area contributed by atoms with E-state index in [1.165, 1.54) is 0 Å². The molecule has 6 nitrogen and oxygen atoms in total. The van der Waals surface area contributed by atoms with Crippen molar-refractivity contribution in [2.45, 2.75) is 23.5 Å². The molecule has 0 saturated carbocycles. The van der Waals surface area contributed by atoms with Crippen LogP contribution >= 0.6 is 0 Å². The maximum atomic E-state index is 13.2. The first-order valence-electron chi connectivity index (χ1n) is 9.91. The van der Waals surface area contributed by atoms with Crippen LogP contribution in [0.25, 0.3) is 10.9 Å². The van der Waals surface area contributed by atoms with E-state index < -0.39 is 15.7 Å². The molecule has 0 radical (unpaired) electrons. The van der Waals surface area contributed by atoms with Gasteiger partial charge in [0.05, 0.1) is 17.0 Å². The fourth-order valence-electron chi connectivity index (χ4n) is 4.36. The van der Waals surface area contributed by atoms with E-state index in [0.29, 0.717) is 44.0 Å². The standard InChI is InChI=1S/C22H23N3O3S/c26-29(27,19-7-2-1-3-8-19)25-16-17-28-22(25)12-14-24(15-13-22)21-11-10-18-6-4-5-9-20(18)23-21/h1-11H,12-17H2. The Labute approximate surface area is 170 Å². The van der Waals surface area contributed by atoms with Gasteiger partial charge in [0, 0.05) is 37.9 Å². The molecular formula is C22H23N3O3S. The molecule has 2 fully saturated rings. The van der Waals surface area contributed by atoms with Crippen LogP contribution in [0.3, 0.4) is 0 Å². The smallest absolute Gasteiger partial charge is 0.245 e. The summed E-state index contributed by atoms with van der Waals surface area (Å²) in [6, 6.07) is 20.8. The van der Waals surface area contributed by atoms with Crippen LogP contribution in [-0.2, 0) is 14.8 Å². The number of fused-ring (bicyclic) bond motifs is 1. The van der Waals surface area contributed by atoms with Crippen molar-refractivity contribution < 1.29 is 13.2 Å². The summed E-state index contributed by atoms with van der Waals surface area (Å²) in [6.07, 6.45) is 1.24. The van der Waals surface area contributed by atoms with Gasteiger partial charge in [-0.2, -0.15) is 4.31 Å². The van der Waals surface area contributed by atoms with Crippen LogP contribution in [0.4, 0.5) is 5.82 Å². The van der Waals surface area contributed by atoms with Crippen molar-refractivity contribution in [2.24, 2.45) is 0 Å². The fourth-order valence-corrected chi connectivity index (χ4v) is 6.11. The van der Waals surface area contributed by atoms with E-state index in [2.05, 4.69) is 17.0 Å². The Kier molecular flexibility index (Phi) is 4.53. The maximum absolute atomic E-state index is 13.2. The summed E-state index contributed by atoms with van der Waals surface area (Å²) in [6.45, 7) is 2.23. The summed E-state index contributed by atoms with van der Waals surface area (Å²) in [7, 11) is -3.58. The van der Waals surface area contributed by atoms with Crippen LogP contribution in [0.15, 0.2) is 71.6 Å². The Morgan fingerprint density at radius 3 is 2.38 bits per heavy atom. The molecule has 29 heavy (non-hydrogen) atoms. The van der Waals surface area contributed by atoms with Gasteiger partial charge in [-0.15, -0.1) is 0 Å². The number of rotatable bonds is 3. The van der Waals surface area contributed by atoms with Crippen molar-refractivity contribution in [3.8, 4) is 0 Å². The lowest BCUT2D eigenvalue weighted by atomic mass is 10.0. The number of nitrogens with zero attached hydrogens (tertiary/aromatic N) is 3. The summed E-state index contributed by atoms with van der Waals surface area (Å²) in [5, 5.41) is 1.11. The molecule has 0 amide bonds. The number of hydrogen-bond acceptors (Lipinski definition) is 5. The number of sulfonamides is 1. The zero-order valence-corrected chi connectivity index (χ0v) is 16.9. The Balaban J connectivity index is 1.38.